The second-order valence-corrected chi connectivity index (χ2v) is 8.86. The van der Waals surface area contributed by atoms with Gasteiger partial charge in [-0.25, -0.2) is 4.39 Å². The van der Waals surface area contributed by atoms with Crippen LogP contribution in [0.25, 0.3) is 0 Å². The van der Waals surface area contributed by atoms with E-state index in [1.165, 1.54) is 17.7 Å². The van der Waals surface area contributed by atoms with Crippen LogP contribution in [0.2, 0.25) is 0 Å². The van der Waals surface area contributed by atoms with E-state index in [-0.39, 0.29) is 5.82 Å². The summed E-state index contributed by atoms with van der Waals surface area (Å²) in [6.07, 6.45) is 4.45. The van der Waals surface area contributed by atoms with E-state index in [1.54, 1.807) is 7.11 Å². The van der Waals surface area contributed by atoms with Gasteiger partial charge in [-0.3, -0.25) is 4.90 Å². The van der Waals surface area contributed by atoms with Gasteiger partial charge in [0.1, 0.15) is 17.2 Å². The Labute approximate surface area is 207 Å². The normalized spacial score (nSPS) is 16.6. The minimum Gasteiger partial charge on any atom is -0.496 e. The molecule has 0 aliphatic carbocycles. The molecule has 1 heterocycles. The summed E-state index contributed by atoms with van der Waals surface area (Å²) in [6, 6.07) is 22.7. The van der Waals surface area contributed by atoms with Crippen LogP contribution in [-0.4, -0.2) is 31.6 Å². The monoisotopic (exact) mass is 470 g/mol. The van der Waals surface area contributed by atoms with E-state index in [9.17, 15) is 9.65 Å². The van der Waals surface area contributed by atoms with E-state index in [2.05, 4.69) is 23.6 Å². The Morgan fingerprint density at radius 2 is 1.94 bits per heavy atom. The van der Waals surface area contributed by atoms with E-state index in [0.717, 1.165) is 61.3 Å². The number of fused-ring (bicyclic) bond motifs is 1. The molecule has 1 unspecified atom stereocenters. The highest BCUT2D eigenvalue weighted by Gasteiger charge is 2.41. The predicted molar refractivity (Wildman–Crippen MR) is 136 cm³/mol. The number of nitrogens with zero attached hydrogens (tertiary/aromatic N) is 2. The van der Waals surface area contributed by atoms with Crippen molar-refractivity contribution in [3.8, 4) is 11.8 Å². The average molecular weight is 471 g/mol. The van der Waals surface area contributed by atoms with Crippen LogP contribution in [0.1, 0.15) is 40.7 Å². The highest BCUT2D eigenvalue weighted by Crippen LogP contribution is 2.45. The Hall–Kier alpha value is -3.46. The predicted octanol–water partition coefficient (Wildman–Crippen LogP) is 5.99. The zero-order valence-corrected chi connectivity index (χ0v) is 20.2. The van der Waals surface area contributed by atoms with Crippen molar-refractivity contribution in [1.82, 2.24) is 4.90 Å². The maximum Gasteiger partial charge on any atom is 0.123 e. The van der Waals surface area contributed by atoms with Gasteiger partial charge in [0.2, 0.25) is 0 Å². The molecule has 4 rings (SSSR count). The second kappa shape index (κ2) is 11.3. The molecule has 1 aliphatic rings. The van der Waals surface area contributed by atoms with Crippen LogP contribution >= 0.6 is 0 Å². The SMILES string of the molecule is C=CCN(CCCC1(c2ccc(F)cc2)OCc2cc(C#N)ccc21)CCc1ccccc1OC. The number of ether oxygens (including phenoxy) is 2. The van der Waals surface area contributed by atoms with Gasteiger partial charge in [0.25, 0.3) is 0 Å². The Kier molecular flexibility index (Phi) is 7.97. The van der Waals surface area contributed by atoms with E-state index >= 15 is 0 Å². The highest BCUT2D eigenvalue weighted by molar-refractivity contribution is 5.48. The van der Waals surface area contributed by atoms with Gasteiger partial charge in [-0.15, -0.1) is 6.58 Å². The maximum atomic E-state index is 13.7. The van der Waals surface area contributed by atoms with Crippen molar-refractivity contribution in [2.45, 2.75) is 31.5 Å². The molecular formula is C30H31FN2O2. The number of methoxy groups -OCH3 is 1. The number of hydrogen-bond donors (Lipinski definition) is 0. The molecular weight excluding hydrogens is 439 g/mol. The summed E-state index contributed by atoms with van der Waals surface area (Å²) in [4.78, 5) is 2.38. The zero-order chi connectivity index (χ0) is 24.7. The molecule has 1 atom stereocenters. The molecule has 0 amide bonds. The van der Waals surface area contributed by atoms with E-state index in [4.69, 9.17) is 9.47 Å². The first-order valence-corrected chi connectivity index (χ1v) is 12.0. The lowest BCUT2D eigenvalue weighted by Crippen LogP contribution is -2.31. The molecule has 0 spiro atoms. The van der Waals surface area contributed by atoms with Crippen molar-refractivity contribution in [3.63, 3.8) is 0 Å². The molecule has 5 heteroatoms. The van der Waals surface area contributed by atoms with Crippen molar-refractivity contribution >= 4 is 0 Å². The summed E-state index contributed by atoms with van der Waals surface area (Å²) < 4.78 is 25.7. The second-order valence-electron chi connectivity index (χ2n) is 8.86. The van der Waals surface area contributed by atoms with Gasteiger partial charge < -0.3 is 9.47 Å². The summed E-state index contributed by atoms with van der Waals surface area (Å²) in [6.45, 7) is 6.93. The largest absolute Gasteiger partial charge is 0.496 e. The van der Waals surface area contributed by atoms with Gasteiger partial charge >= 0.3 is 0 Å². The van der Waals surface area contributed by atoms with Crippen LogP contribution in [0.15, 0.2) is 79.4 Å². The van der Waals surface area contributed by atoms with Gasteiger partial charge in [-0.1, -0.05) is 42.5 Å². The fourth-order valence-electron chi connectivity index (χ4n) is 4.98. The Morgan fingerprint density at radius 3 is 2.69 bits per heavy atom. The Morgan fingerprint density at radius 1 is 1.14 bits per heavy atom. The molecule has 3 aromatic carbocycles. The first kappa shape index (κ1) is 24.7. The number of hydrogen-bond acceptors (Lipinski definition) is 4. The molecule has 35 heavy (non-hydrogen) atoms. The van der Waals surface area contributed by atoms with E-state index < -0.39 is 5.60 Å². The smallest absolute Gasteiger partial charge is 0.123 e. The van der Waals surface area contributed by atoms with Crippen molar-refractivity contribution in [2.24, 2.45) is 0 Å². The molecule has 4 nitrogen and oxygen atoms in total. The third-order valence-corrected chi connectivity index (χ3v) is 6.73. The van der Waals surface area contributed by atoms with Crippen molar-refractivity contribution in [3.05, 3.63) is 113 Å². The maximum absolute atomic E-state index is 13.7. The van der Waals surface area contributed by atoms with Crippen LogP contribution in [0.4, 0.5) is 4.39 Å². The summed E-state index contributed by atoms with van der Waals surface area (Å²) >= 11 is 0. The zero-order valence-electron chi connectivity index (χ0n) is 20.2. The molecule has 0 fully saturated rings. The number of para-hydroxylation sites is 1. The van der Waals surface area contributed by atoms with Gasteiger partial charge in [0.05, 0.1) is 25.3 Å². The third-order valence-electron chi connectivity index (χ3n) is 6.73. The lowest BCUT2D eigenvalue weighted by Gasteiger charge is -2.32. The quantitative estimate of drug-likeness (QED) is 0.323. The lowest BCUT2D eigenvalue weighted by atomic mass is 9.81. The Bertz CT molecular complexity index is 1200. The highest BCUT2D eigenvalue weighted by atomic mass is 19.1. The minimum atomic E-state index is -0.653. The molecule has 1 aliphatic heterocycles. The molecule has 0 radical (unpaired) electrons. The van der Waals surface area contributed by atoms with E-state index in [0.29, 0.717) is 12.2 Å². The Balaban J connectivity index is 1.51. The fraction of sp³-hybridized carbons (Fsp3) is 0.300. The van der Waals surface area contributed by atoms with Crippen molar-refractivity contribution in [2.75, 3.05) is 26.7 Å². The molecule has 0 bridgehead atoms. The molecule has 0 aromatic heterocycles. The summed E-state index contributed by atoms with van der Waals surface area (Å²) in [5.41, 5.74) is 4.18. The number of rotatable bonds is 11. The summed E-state index contributed by atoms with van der Waals surface area (Å²) in [7, 11) is 1.70. The molecule has 3 aromatic rings. The van der Waals surface area contributed by atoms with Crippen molar-refractivity contribution in [1.29, 1.82) is 5.26 Å². The minimum absolute atomic E-state index is 0.268. The number of nitriles is 1. The van der Waals surface area contributed by atoms with Gasteiger partial charge in [0, 0.05) is 13.1 Å². The first-order valence-electron chi connectivity index (χ1n) is 12.0. The molecule has 180 valence electrons. The third kappa shape index (κ3) is 5.45. The van der Waals surface area contributed by atoms with Gasteiger partial charge in [-0.05, 0) is 78.4 Å². The van der Waals surface area contributed by atoms with Crippen LogP contribution < -0.4 is 4.74 Å². The topological polar surface area (TPSA) is 45.5 Å². The molecule has 0 saturated heterocycles. The van der Waals surface area contributed by atoms with Crippen LogP contribution in [0, 0.1) is 17.1 Å². The van der Waals surface area contributed by atoms with Crippen LogP contribution in [0.3, 0.4) is 0 Å². The number of benzene rings is 3. The van der Waals surface area contributed by atoms with Crippen molar-refractivity contribution < 1.29 is 13.9 Å². The van der Waals surface area contributed by atoms with Gasteiger partial charge in [0.15, 0.2) is 0 Å². The average Bonchev–Trinajstić information content (AvgIpc) is 3.26. The van der Waals surface area contributed by atoms with Gasteiger partial charge in [-0.2, -0.15) is 5.26 Å². The van der Waals surface area contributed by atoms with E-state index in [1.807, 2.05) is 54.6 Å². The summed E-state index contributed by atoms with van der Waals surface area (Å²) in [5, 5.41) is 9.31. The van der Waals surface area contributed by atoms with Crippen LogP contribution in [-0.2, 0) is 23.4 Å². The lowest BCUT2D eigenvalue weighted by molar-refractivity contribution is -0.0144. The summed E-state index contributed by atoms with van der Waals surface area (Å²) in [5.74, 6) is 0.643. The molecule has 0 saturated carbocycles. The fourth-order valence-corrected chi connectivity index (χ4v) is 4.98. The molecule has 0 N–H and O–H groups in total. The standard InChI is InChI=1S/C30H31FN2O2/c1-3-17-33(19-15-24-7-4-5-8-29(24)34-2)18-6-16-30(26-10-12-27(31)13-11-26)28-14-9-23(21-32)20-25(28)22-35-30/h3-5,7-14,20H,1,6,15-19,22H2,2H3. The first-order chi connectivity index (χ1) is 17.1. The number of halogens is 1. The van der Waals surface area contributed by atoms with Crippen LogP contribution in [0.5, 0.6) is 5.75 Å².